The summed E-state index contributed by atoms with van der Waals surface area (Å²) in [5.74, 6) is -0.230. The number of nitrogens with zero attached hydrogens (tertiary/aromatic N) is 1. The SMILES string of the molecule is CC(C)OCCN(C)C(=O)c1cc(N)cc(Cl)c1Cl. The maximum absolute atomic E-state index is 12.2. The number of likely N-dealkylation sites (N-methyl/N-ethyl adjacent to an activating group) is 1. The van der Waals surface area contributed by atoms with E-state index in [4.69, 9.17) is 33.7 Å². The zero-order chi connectivity index (χ0) is 14.6. The Morgan fingerprint density at radius 1 is 1.42 bits per heavy atom. The molecule has 0 saturated heterocycles. The van der Waals surface area contributed by atoms with Crippen molar-refractivity contribution in [2.75, 3.05) is 25.9 Å². The van der Waals surface area contributed by atoms with Crippen molar-refractivity contribution in [2.24, 2.45) is 0 Å². The number of halogens is 2. The summed E-state index contributed by atoms with van der Waals surface area (Å²) in [5, 5.41) is 0.495. The van der Waals surface area contributed by atoms with Crippen LogP contribution in [0.2, 0.25) is 10.0 Å². The van der Waals surface area contributed by atoms with Gasteiger partial charge in [-0.2, -0.15) is 0 Å². The summed E-state index contributed by atoms with van der Waals surface area (Å²) in [5.41, 5.74) is 6.38. The lowest BCUT2D eigenvalue weighted by Crippen LogP contribution is -2.31. The molecule has 1 aromatic carbocycles. The number of nitrogens with two attached hydrogens (primary N) is 1. The van der Waals surface area contributed by atoms with Crippen molar-refractivity contribution in [1.29, 1.82) is 0 Å². The van der Waals surface area contributed by atoms with Crippen LogP contribution in [-0.2, 0) is 4.74 Å². The van der Waals surface area contributed by atoms with Crippen molar-refractivity contribution in [1.82, 2.24) is 4.90 Å². The first-order chi connectivity index (χ1) is 8.82. The second kappa shape index (κ2) is 6.98. The Labute approximate surface area is 123 Å². The second-order valence-corrected chi connectivity index (χ2v) is 5.30. The molecule has 2 N–H and O–H groups in total. The molecule has 0 saturated carbocycles. The van der Waals surface area contributed by atoms with Crippen molar-refractivity contribution in [2.45, 2.75) is 20.0 Å². The van der Waals surface area contributed by atoms with E-state index in [-0.39, 0.29) is 22.1 Å². The molecule has 1 rings (SSSR count). The first-order valence-corrected chi connectivity index (χ1v) is 6.70. The minimum Gasteiger partial charge on any atom is -0.399 e. The predicted molar refractivity (Wildman–Crippen MR) is 78.9 cm³/mol. The topological polar surface area (TPSA) is 55.6 Å². The van der Waals surface area contributed by atoms with Crippen molar-refractivity contribution in [3.8, 4) is 0 Å². The van der Waals surface area contributed by atoms with Crippen LogP contribution in [0.15, 0.2) is 12.1 Å². The molecule has 0 bridgehead atoms. The van der Waals surface area contributed by atoms with Crippen molar-refractivity contribution >= 4 is 34.8 Å². The van der Waals surface area contributed by atoms with Gasteiger partial charge in [0.15, 0.2) is 0 Å². The van der Waals surface area contributed by atoms with Crippen LogP contribution in [0.3, 0.4) is 0 Å². The van der Waals surface area contributed by atoms with Crippen molar-refractivity contribution in [3.63, 3.8) is 0 Å². The van der Waals surface area contributed by atoms with Crippen LogP contribution in [0.25, 0.3) is 0 Å². The summed E-state index contributed by atoms with van der Waals surface area (Å²) in [6.07, 6.45) is 0.133. The largest absolute Gasteiger partial charge is 0.399 e. The van der Waals surface area contributed by atoms with Gasteiger partial charge in [0.1, 0.15) is 0 Å². The molecule has 0 aromatic heterocycles. The normalized spacial score (nSPS) is 10.8. The van der Waals surface area contributed by atoms with Crippen LogP contribution < -0.4 is 5.73 Å². The lowest BCUT2D eigenvalue weighted by Gasteiger charge is -2.19. The van der Waals surface area contributed by atoms with E-state index in [1.165, 1.54) is 17.0 Å². The van der Waals surface area contributed by atoms with Gasteiger partial charge in [-0.05, 0) is 26.0 Å². The van der Waals surface area contributed by atoms with E-state index >= 15 is 0 Å². The number of ether oxygens (including phenoxy) is 1. The van der Waals surface area contributed by atoms with Gasteiger partial charge in [0.2, 0.25) is 0 Å². The van der Waals surface area contributed by atoms with Crippen LogP contribution in [0.4, 0.5) is 5.69 Å². The third-order valence-electron chi connectivity index (χ3n) is 2.51. The molecule has 0 spiro atoms. The molecule has 1 amide bonds. The molecule has 0 unspecified atom stereocenters. The van der Waals surface area contributed by atoms with Crippen molar-refractivity contribution < 1.29 is 9.53 Å². The van der Waals surface area contributed by atoms with Crippen LogP contribution >= 0.6 is 23.2 Å². The quantitative estimate of drug-likeness (QED) is 0.851. The molecule has 0 fully saturated rings. The maximum Gasteiger partial charge on any atom is 0.255 e. The van der Waals surface area contributed by atoms with Gasteiger partial charge in [0.25, 0.3) is 5.91 Å². The Morgan fingerprint density at radius 2 is 2.05 bits per heavy atom. The van der Waals surface area contributed by atoms with E-state index in [1.807, 2.05) is 13.8 Å². The number of hydrogen-bond donors (Lipinski definition) is 1. The summed E-state index contributed by atoms with van der Waals surface area (Å²) >= 11 is 11.9. The summed E-state index contributed by atoms with van der Waals surface area (Å²) in [6, 6.07) is 3.04. The van der Waals surface area contributed by atoms with E-state index in [9.17, 15) is 4.79 Å². The van der Waals surface area contributed by atoms with Gasteiger partial charge in [0, 0.05) is 19.3 Å². The Bertz CT molecular complexity index is 464. The van der Waals surface area contributed by atoms with Gasteiger partial charge in [-0.25, -0.2) is 0 Å². The number of carbonyl (C=O) groups is 1. The first kappa shape index (κ1) is 16.1. The Morgan fingerprint density at radius 3 is 2.63 bits per heavy atom. The van der Waals surface area contributed by atoms with Gasteiger partial charge in [-0.1, -0.05) is 23.2 Å². The van der Waals surface area contributed by atoms with Crippen LogP contribution in [0, 0.1) is 0 Å². The molecule has 0 radical (unpaired) electrons. The van der Waals surface area contributed by atoms with E-state index in [2.05, 4.69) is 0 Å². The number of rotatable bonds is 5. The number of carbonyl (C=O) groups excluding carboxylic acids is 1. The molecule has 0 heterocycles. The zero-order valence-electron chi connectivity index (χ0n) is 11.2. The van der Waals surface area contributed by atoms with E-state index < -0.39 is 0 Å². The van der Waals surface area contributed by atoms with E-state index in [0.29, 0.717) is 24.4 Å². The highest BCUT2D eigenvalue weighted by Crippen LogP contribution is 2.29. The minimum absolute atomic E-state index is 0.133. The average Bonchev–Trinajstić information content (AvgIpc) is 2.32. The standard InChI is InChI=1S/C13H18Cl2N2O2/c1-8(2)19-5-4-17(3)13(18)10-6-9(16)7-11(14)12(10)15/h6-8H,4-5,16H2,1-3H3. The number of anilines is 1. The summed E-state index contributed by atoms with van der Waals surface area (Å²) < 4.78 is 5.40. The molecule has 19 heavy (non-hydrogen) atoms. The highest BCUT2D eigenvalue weighted by atomic mass is 35.5. The number of benzene rings is 1. The summed E-state index contributed by atoms with van der Waals surface area (Å²) in [7, 11) is 1.68. The van der Waals surface area contributed by atoms with Crippen LogP contribution in [0.1, 0.15) is 24.2 Å². The number of nitrogen functional groups attached to an aromatic ring is 1. The third-order valence-corrected chi connectivity index (χ3v) is 3.31. The van der Waals surface area contributed by atoms with Crippen molar-refractivity contribution in [3.05, 3.63) is 27.7 Å². The predicted octanol–water partition coefficient (Wildman–Crippen LogP) is 3.07. The molecule has 1 aromatic rings. The Hall–Kier alpha value is -0.970. The van der Waals surface area contributed by atoms with Gasteiger partial charge in [-0.15, -0.1) is 0 Å². The molecular formula is C13H18Cl2N2O2. The summed E-state index contributed by atoms with van der Waals surface area (Å²) in [6.45, 7) is 4.82. The van der Waals surface area contributed by atoms with Gasteiger partial charge in [-0.3, -0.25) is 4.79 Å². The lowest BCUT2D eigenvalue weighted by molar-refractivity contribution is 0.0532. The number of amides is 1. The zero-order valence-corrected chi connectivity index (χ0v) is 12.8. The monoisotopic (exact) mass is 304 g/mol. The maximum atomic E-state index is 12.2. The Kier molecular flexibility index (Phi) is 5.91. The van der Waals surface area contributed by atoms with Crippen LogP contribution in [0.5, 0.6) is 0 Å². The van der Waals surface area contributed by atoms with Gasteiger partial charge < -0.3 is 15.4 Å². The van der Waals surface area contributed by atoms with Gasteiger partial charge >= 0.3 is 0 Å². The molecule has 106 valence electrons. The fourth-order valence-electron chi connectivity index (χ4n) is 1.50. The van der Waals surface area contributed by atoms with E-state index in [0.717, 1.165) is 0 Å². The molecule has 0 aliphatic carbocycles. The third kappa shape index (κ3) is 4.56. The second-order valence-electron chi connectivity index (χ2n) is 4.51. The average molecular weight is 305 g/mol. The minimum atomic E-state index is -0.230. The fourth-order valence-corrected chi connectivity index (χ4v) is 1.92. The molecule has 4 nitrogen and oxygen atoms in total. The molecule has 6 heteroatoms. The smallest absolute Gasteiger partial charge is 0.255 e. The Balaban J connectivity index is 2.77. The van der Waals surface area contributed by atoms with Crippen LogP contribution in [-0.4, -0.2) is 37.1 Å². The molecule has 0 aliphatic heterocycles. The molecular weight excluding hydrogens is 287 g/mol. The highest BCUT2D eigenvalue weighted by Gasteiger charge is 2.17. The first-order valence-electron chi connectivity index (χ1n) is 5.94. The lowest BCUT2D eigenvalue weighted by atomic mass is 10.1. The number of hydrogen-bond acceptors (Lipinski definition) is 3. The molecule has 0 atom stereocenters. The van der Waals surface area contributed by atoms with Gasteiger partial charge in [0.05, 0.1) is 28.3 Å². The summed E-state index contributed by atoms with van der Waals surface area (Å²) in [4.78, 5) is 13.7. The highest BCUT2D eigenvalue weighted by molar-refractivity contribution is 6.44. The molecule has 0 aliphatic rings. The fraction of sp³-hybridized carbons (Fsp3) is 0.462. The van der Waals surface area contributed by atoms with E-state index in [1.54, 1.807) is 7.05 Å².